The smallest absolute Gasteiger partial charge is 0.292 e. The van der Waals surface area contributed by atoms with Crippen molar-refractivity contribution in [2.45, 2.75) is 6.54 Å². The molecule has 2 aromatic carbocycles. The summed E-state index contributed by atoms with van der Waals surface area (Å²) in [4.78, 5) is 28.4. The quantitative estimate of drug-likeness (QED) is 0.475. The van der Waals surface area contributed by atoms with Crippen LogP contribution in [0.2, 0.25) is 0 Å². The van der Waals surface area contributed by atoms with Gasteiger partial charge in [-0.25, -0.2) is 0 Å². The van der Waals surface area contributed by atoms with Crippen molar-refractivity contribution in [3.8, 4) is 0 Å². The molecule has 0 unspecified atom stereocenters. The molecule has 0 atom stereocenters. The van der Waals surface area contributed by atoms with Crippen LogP contribution in [0.3, 0.4) is 0 Å². The van der Waals surface area contributed by atoms with Crippen LogP contribution >= 0.6 is 11.3 Å². The molecule has 30 heavy (non-hydrogen) atoms. The van der Waals surface area contributed by atoms with Gasteiger partial charge in [0.2, 0.25) is 0 Å². The molecular weight excluding hydrogens is 400 g/mol. The number of nitro benzene ring substituents is 1. The number of rotatable bonds is 6. The van der Waals surface area contributed by atoms with Crippen molar-refractivity contribution in [1.82, 2.24) is 4.90 Å². The average Bonchev–Trinajstić information content (AvgIpc) is 3.33. The highest BCUT2D eigenvalue weighted by atomic mass is 32.1. The number of nitrogens with zero attached hydrogens (tertiary/aromatic N) is 3. The molecule has 3 aromatic rings. The number of nitro groups is 1. The van der Waals surface area contributed by atoms with Crippen LogP contribution in [-0.4, -0.2) is 41.9 Å². The standard InChI is InChI=1S/C22H22N4O3S/c27-22(21-7-4-14-30-21)25-12-10-24(11-13-25)18-8-9-20(26(28)29)19(15-18)23-16-17-5-2-1-3-6-17/h1-9,14-15,23H,10-13,16H2. The Kier molecular flexibility index (Phi) is 5.94. The number of carbonyl (C=O) groups is 1. The summed E-state index contributed by atoms with van der Waals surface area (Å²) in [6.45, 7) is 3.13. The van der Waals surface area contributed by atoms with Gasteiger partial charge in [0.15, 0.2) is 0 Å². The van der Waals surface area contributed by atoms with E-state index in [1.54, 1.807) is 12.1 Å². The molecule has 1 N–H and O–H groups in total. The van der Waals surface area contributed by atoms with Crippen LogP contribution in [0, 0.1) is 10.1 Å². The van der Waals surface area contributed by atoms with Gasteiger partial charge in [0.1, 0.15) is 5.69 Å². The van der Waals surface area contributed by atoms with Gasteiger partial charge in [0.25, 0.3) is 11.6 Å². The minimum absolute atomic E-state index is 0.0567. The Bertz CT molecular complexity index is 1020. The zero-order valence-corrected chi connectivity index (χ0v) is 17.2. The molecular formula is C22H22N4O3S. The summed E-state index contributed by atoms with van der Waals surface area (Å²) in [7, 11) is 0. The van der Waals surface area contributed by atoms with Gasteiger partial charge in [-0.05, 0) is 29.1 Å². The SMILES string of the molecule is O=C(c1cccs1)N1CCN(c2ccc([N+](=O)[O-])c(NCc3ccccc3)c2)CC1. The number of nitrogens with one attached hydrogen (secondary N) is 1. The number of amides is 1. The molecule has 1 fully saturated rings. The number of anilines is 2. The van der Waals surface area contributed by atoms with Gasteiger partial charge in [-0.3, -0.25) is 14.9 Å². The van der Waals surface area contributed by atoms with E-state index in [0.29, 0.717) is 38.4 Å². The van der Waals surface area contributed by atoms with Crippen LogP contribution in [-0.2, 0) is 6.54 Å². The molecule has 4 rings (SSSR count). The molecule has 0 saturated carbocycles. The van der Waals surface area contributed by atoms with Crippen LogP contribution in [0.5, 0.6) is 0 Å². The number of piperazine rings is 1. The molecule has 1 aliphatic heterocycles. The van der Waals surface area contributed by atoms with E-state index in [1.807, 2.05) is 58.8 Å². The molecule has 154 valence electrons. The molecule has 1 saturated heterocycles. The molecule has 0 aliphatic carbocycles. The lowest BCUT2D eigenvalue weighted by Crippen LogP contribution is -2.48. The van der Waals surface area contributed by atoms with Gasteiger partial charge >= 0.3 is 0 Å². The predicted octanol–water partition coefficient (Wildman–Crippen LogP) is 4.23. The van der Waals surface area contributed by atoms with Crippen molar-refractivity contribution < 1.29 is 9.72 Å². The van der Waals surface area contributed by atoms with Gasteiger partial charge in [-0.15, -0.1) is 11.3 Å². The molecule has 1 aromatic heterocycles. The highest BCUT2D eigenvalue weighted by Gasteiger charge is 2.24. The summed E-state index contributed by atoms with van der Waals surface area (Å²) in [5.41, 5.74) is 2.52. The van der Waals surface area contributed by atoms with Crippen molar-refractivity contribution in [2.24, 2.45) is 0 Å². The number of benzene rings is 2. The number of thiophene rings is 1. The predicted molar refractivity (Wildman–Crippen MR) is 119 cm³/mol. The van der Waals surface area contributed by atoms with E-state index in [-0.39, 0.29) is 16.5 Å². The first-order valence-electron chi connectivity index (χ1n) is 9.76. The highest BCUT2D eigenvalue weighted by molar-refractivity contribution is 7.12. The molecule has 0 bridgehead atoms. The molecule has 1 aliphatic rings. The minimum Gasteiger partial charge on any atom is -0.375 e. The van der Waals surface area contributed by atoms with Crippen LogP contribution < -0.4 is 10.2 Å². The lowest BCUT2D eigenvalue weighted by molar-refractivity contribution is -0.384. The number of carbonyl (C=O) groups excluding carboxylic acids is 1. The highest BCUT2D eigenvalue weighted by Crippen LogP contribution is 2.30. The Morgan fingerprint density at radius 2 is 1.80 bits per heavy atom. The second kappa shape index (κ2) is 8.96. The molecule has 1 amide bonds. The first kappa shape index (κ1) is 19.9. The van der Waals surface area contributed by atoms with Gasteiger partial charge in [-0.2, -0.15) is 0 Å². The first-order chi connectivity index (χ1) is 14.6. The van der Waals surface area contributed by atoms with E-state index in [0.717, 1.165) is 16.1 Å². The van der Waals surface area contributed by atoms with Crippen molar-refractivity contribution in [1.29, 1.82) is 0 Å². The maximum Gasteiger partial charge on any atom is 0.292 e. The van der Waals surface area contributed by atoms with Crippen molar-refractivity contribution in [3.05, 3.63) is 86.6 Å². The fourth-order valence-electron chi connectivity index (χ4n) is 3.54. The Morgan fingerprint density at radius 3 is 2.47 bits per heavy atom. The maximum absolute atomic E-state index is 12.5. The first-order valence-corrected chi connectivity index (χ1v) is 10.6. The second-order valence-electron chi connectivity index (χ2n) is 7.05. The van der Waals surface area contributed by atoms with E-state index in [4.69, 9.17) is 0 Å². The van der Waals surface area contributed by atoms with Gasteiger partial charge < -0.3 is 15.1 Å². The van der Waals surface area contributed by atoms with Crippen LogP contribution in [0.25, 0.3) is 0 Å². The molecule has 0 spiro atoms. The summed E-state index contributed by atoms with van der Waals surface area (Å²) >= 11 is 1.45. The molecule has 7 nitrogen and oxygen atoms in total. The summed E-state index contributed by atoms with van der Waals surface area (Å²) < 4.78 is 0. The monoisotopic (exact) mass is 422 g/mol. The zero-order chi connectivity index (χ0) is 20.9. The van der Waals surface area contributed by atoms with Crippen molar-refractivity contribution >= 4 is 34.3 Å². The van der Waals surface area contributed by atoms with E-state index >= 15 is 0 Å². The normalized spacial score (nSPS) is 13.9. The Labute approximate surface area is 178 Å². The van der Waals surface area contributed by atoms with Gasteiger partial charge in [0, 0.05) is 44.5 Å². The van der Waals surface area contributed by atoms with E-state index < -0.39 is 0 Å². The Balaban J connectivity index is 1.45. The third-order valence-corrected chi connectivity index (χ3v) is 6.02. The Morgan fingerprint density at radius 1 is 1.03 bits per heavy atom. The number of hydrogen-bond donors (Lipinski definition) is 1. The number of hydrogen-bond acceptors (Lipinski definition) is 6. The van der Waals surface area contributed by atoms with E-state index in [2.05, 4.69) is 10.2 Å². The van der Waals surface area contributed by atoms with Crippen LogP contribution in [0.1, 0.15) is 15.2 Å². The van der Waals surface area contributed by atoms with Gasteiger partial charge in [0.05, 0.1) is 9.80 Å². The summed E-state index contributed by atoms with van der Waals surface area (Å²) in [5, 5.41) is 16.6. The van der Waals surface area contributed by atoms with E-state index in [1.165, 1.54) is 11.3 Å². The van der Waals surface area contributed by atoms with E-state index in [9.17, 15) is 14.9 Å². The molecule has 0 radical (unpaired) electrons. The minimum atomic E-state index is -0.366. The maximum atomic E-state index is 12.5. The lowest BCUT2D eigenvalue weighted by atomic mass is 10.1. The molecule has 2 heterocycles. The van der Waals surface area contributed by atoms with Crippen LogP contribution in [0.15, 0.2) is 66.0 Å². The van der Waals surface area contributed by atoms with Gasteiger partial charge in [-0.1, -0.05) is 36.4 Å². The van der Waals surface area contributed by atoms with Crippen molar-refractivity contribution in [3.63, 3.8) is 0 Å². The fraction of sp³-hybridized carbons (Fsp3) is 0.227. The van der Waals surface area contributed by atoms with Crippen molar-refractivity contribution in [2.75, 3.05) is 36.4 Å². The fourth-order valence-corrected chi connectivity index (χ4v) is 4.23. The third kappa shape index (κ3) is 4.44. The topological polar surface area (TPSA) is 78.7 Å². The average molecular weight is 423 g/mol. The van der Waals surface area contributed by atoms with Crippen LogP contribution in [0.4, 0.5) is 17.1 Å². The second-order valence-corrected chi connectivity index (χ2v) is 8.00. The summed E-state index contributed by atoms with van der Waals surface area (Å²) in [6, 6.07) is 18.7. The largest absolute Gasteiger partial charge is 0.375 e. The Hall–Kier alpha value is -3.39. The summed E-state index contributed by atoms with van der Waals surface area (Å²) in [5.74, 6) is 0.0681. The summed E-state index contributed by atoms with van der Waals surface area (Å²) in [6.07, 6.45) is 0. The lowest BCUT2D eigenvalue weighted by Gasteiger charge is -2.36. The molecule has 8 heteroatoms. The third-order valence-electron chi connectivity index (χ3n) is 5.17. The zero-order valence-electron chi connectivity index (χ0n) is 16.4.